The molecule has 3 aromatic rings. The average molecular weight is 484 g/mol. The quantitative estimate of drug-likeness (QED) is 0.493. The fourth-order valence-corrected chi connectivity index (χ4v) is 3.95. The van der Waals surface area contributed by atoms with Crippen molar-refractivity contribution in [2.75, 3.05) is 5.32 Å². The van der Waals surface area contributed by atoms with Crippen LogP contribution in [-0.2, 0) is 22.6 Å². The molecule has 4 rings (SSSR count). The molecule has 1 aromatic heterocycles. The summed E-state index contributed by atoms with van der Waals surface area (Å²) in [5.74, 6) is -1.18. The molecule has 1 aliphatic heterocycles. The molecule has 0 saturated carbocycles. The first-order chi connectivity index (χ1) is 16.2. The fourth-order valence-electron chi connectivity index (χ4n) is 3.83. The second kappa shape index (κ2) is 9.52. The van der Waals surface area contributed by atoms with Crippen LogP contribution < -0.4 is 22.3 Å². The first-order valence-electron chi connectivity index (χ1n) is 10.6. The Morgan fingerprint density at radius 3 is 2.59 bits per heavy atom. The Kier molecular flexibility index (Phi) is 6.51. The topological polar surface area (TPSA) is 139 Å². The number of hydrogen-bond donors (Lipinski definition) is 3. The van der Waals surface area contributed by atoms with Crippen LogP contribution in [0.3, 0.4) is 0 Å². The maximum Gasteiger partial charge on any atom is 0.335 e. The summed E-state index contributed by atoms with van der Waals surface area (Å²) in [6.07, 6.45) is 0.526. The van der Waals surface area contributed by atoms with Gasteiger partial charge in [0.1, 0.15) is 0 Å². The van der Waals surface area contributed by atoms with Gasteiger partial charge in [0.15, 0.2) is 0 Å². The van der Waals surface area contributed by atoms with E-state index in [1.807, 2.05) is 0 Å². The number of benzene rings is 2. The predicted octanol–water partition coefficient (Wildman–Crippen LogP) is 2.19. The number of fused-ring (bicyclic) bond motifs is 1. The number of carboxylic acid groups (broad SMARTS) is 1. The van der Waals surface area contributed by atoms with Gasteiger partial charge in [-0.2, -0.15) is 0 Å². The number of carbonyl (C=O) groups is 2. The Hall–Kier alpha value is -3.92. The number of nitrogens with one attached hydrogen (secondary N) is 2. The van der Waals surface area contributed by atoms with Gasteiger partial charge in [0.2, 0.25) is 11.5 Å². The maximum absolute atomic E-state index is 13.3. The van der Waals surface area contributed by atoms with E-state index in [0.29, 0.717) is 29.2 Å². The summed E-state index contributed by atoms with van der Waals surface area (Å²) in [7, 11) is 0. The average Bonchev–Trinajstić information content (AvgIpc) is 2.77. The number of aliphatic carboxylic acids is 1. The number of halogens is 1. The molecule has 0 spiro atoms. The highest BCUT2D eigenvalue weighted by molar-refractivity contribution is 6.30. The highest BCUT2D eigenvalue weighted by Gasteiger charge is 2.18. The van der Waals surface area contributed by atoms with Gasteiger partial charge < -0.3 is 10.4 Å². The molecule has 0 fully saturated rings. The zero-order chi connectivity index (χ0) is 24.4. The van der Waals surface area contributed by atoms with E-state index in [4.69, 9.17) is 16.7 Å². The van der Waals surface area contributed by atoms with Crippen LogP contribution in [0.2, 0.25) is 5.02 Å². The third-order valence-corrected chi connectivity index (χ3v) is 5.77. The lowest BCUT2D eigenvalue weighted by molar-refractivity contribution is -0.137. The first-order valence-corrected chi connectivity index (χ1v) is 11.0. The second-order valence-electron chi connectivity index (χ2n) is 8.07. The number of amides is 1. The number of hydrogen-bond acceptors (Lipinski definition) is 5. The van der Waals surface area contributed by atoms with E-state index in [9.17, 15) is 19.2 Å². The molecule has 10 nitrogen and oxygen atoms in total. The molecule has 0 saturated heterocycles. The summed E-state index contributed by atoms with van der Waals surface area (Å²) >= 11 is 5.97. The van der Waals surface area contributed by atoms with Crippen LogP contribution >= 0.6 is 11.6 Å². The number of rotatable bonds is 6. The van der Waals surface area contributed by atoms with Crippen molar-refractivity contribution in [1.29, 1.82) is 0 Å². The van der Waals surface area contributed by atoms with Gasteiger partial charge in [-0.25, -0.2) is 19.1 Å². The molecule has 1 amide bonds. The number of anilines is 1. The van der Waals surface area contributed by atoms with Crippen molar-refractivity contribution >= 4 is 34.9 Å². The van der Waals surface area contributed by atoms with Crippen molar-refractivity contribution < 1.29 is 14.7 Å². The molecule has 1 atom stereocenters. The summed E-state index contributed by atoms with van der Waals surface area (Å²) in [5.41, 5.74) is 1.41. The van der Waals surface area contributed by atoms with Gasteiger partial charge in [-0.05, 0) is 54.8 Å². The van der Waals surface area contributed by atoms with E-state index in [1.54, 1.807) is 42.5 Å². The molecule has 2 aromatic carbocycles. The van der Waals surface area contributed by atoms with Gasteiger partial charge in [-0.1, -0.05) is 23.7 Å². The lowest BCUT2D eigenvalue weighted by atomic mass is 10.0. The highest BCUT2D eigenvalue weighted by Crippen LogP contribution is 2.26. The van der Waals surface area contributed by atoms with Crippen LogP contribution in [0.5, 0.6) is 0 Å². The number of aromatic amines is 1. The minimum absolute atomic E-state index is 0.0171. The van der Waals surface area contributed by atoms with E-state index in [0.717, 1.165) is 15.7 Å². The molecule has 176 valence electrons. The normalized spacial score (nSPS) is 14.4. The van der Waals surface area contributed by atoms with Crippen LogP contribution in [0.4, 0.5) is 11.4 Å². The summed E-state index contributed by atoms with van der Waals surface area (Å²) in [5, 5.41) is 12.5. The molecule has 1 aliphatic rings. The van der Waals surface area contributed by atoms with Crippen molar-refractivity contribution in [1.82, 2.24) is 14.1 Å². The number of nitrogens with zero attached hydrogens (tertiary/aromatic N) is 3. The van der Waals surface area contributed by atoms with E-state index in [1.165, 1.54) is 11.5 Å². The Labute approximate surface area is 198 Å². The van der Waals surface area contributed by atoms with Gasteiger partial charge in [0.25, 0.3) is 0 Å². The van der Waals surface area contributed by atoms with Crippen LogP contribution in [-0.4, -0.2) is 31.1 Å². The third-order valence-electron chi connectivity index (χ3n) is 5.51. The van der Waals surface area contributed by atoms with Crippen molar-refractivity contribution in [3.63, 3.8) is 0 Å². The van der Waals surface area contributed by atoms with Crippen LogP contribution in [0.15, 0.2) is 57.0 Å². The minimum atomic E-state index is -1.13. The molecule has 2 heterocycles. The maximum atomic E-state index is 13.3. The van der Waals surface area contributed by atoms with Crippen LogP contribution in [0, 0.1) is 0 Å². The molecular formula is C23H22ClN5O5. The molecule has 0 unspecified atom stereocenters. The summed E-state index contributed by atoms with van der Waals surface area (Å²) in [6.45, 7) is 1.57. The molecule has 34 heavy (non-hydrogen) atoms. The SMILES string of the molecule is C[C@@H](CC(=O)O)n1c(=O)[nH]/c(=N\c2ccc3c(c2)CCC(=O)N3)n(Cc2ccc(Cl)cc2)c1=O. The van der Waals surface area contributed by atoms with E-state index in [2.05, 4.69) is 15.3 Å². The van der Waals surface area contributed by atoms with Crippen molar-refractivity contribution in [2.45, 2.75) is 38.8 Å². The van der Waals surface area contributed by atoms with E-state index < -0.39 is 29.8 Å². The Balaban J connectivity index is 1.86. The lowest BCUT2D eigenvalue weighted by Gasteiger charge is -2.17. The summed E-state index contributed by atoms with van der Waals surface area (Å²) in [4.78, 5) is 56.0. The second-order valence-corrected chi connectivity index (χ2v) is 8.50. The number of carboxylic acids is 1. The Bertz CT molecular complexity index is 1450. The molecule has 0 radical (unpaired) electrons. The Morgan fingerprint density at radius 2 is 1.88 bits per heavy atom. The van der Waals surface area contributed by atoms with E-state index in [-0.39, 0.29) is 18.1 Å². The standard InChI is InChI=1S/C23H22ClN5O5/c1-13(10-20(31)32)29-22(33)27-21(28(23(29)34)12-14-2-5-16(24)6-3-14)25-17-7-8-18-15(11-17)4-9-19(30)26-18/h2-3,5-8,11,13H,4,9-10,12H2,1H3,(H,26,30)(H,31,32)(H,25,27,33)/t13-/m0/s1. The molecular weight excluding hydrogens is 462 g/mol. The molecule has 11 heteroatoms. The van der Waals surface area contributed by atoms with E-state index >= 15 is 0 Å². The van der Waals surface area contributed by atoms with Crippen molar-refractivity contribution in [3.8, 4) is 0 Å². The molecule has 0 aliphatic carbocycles. The summed E-state index contributed by atoms with van der Waals surface area (Å²) < 4.78 is 2.16. The van der Waals surface area contributed by atoms with Gasteiger partial charge in [0, 0.05) is 17.1 Å². The lowest BCUT2D eigenvalue weighted by Crippen LogP contribution is -2.51. The van der Waals surface area contributed by atoms with Gasteiger partial charge in [-0.3, -0.25) is 19.1 Å². The van der Waals surface area contributed by atoms with Gasteiger partial charge >= 0.3 is 17.3 Å². The van der Waals surface area contributed by atoms with Crippen LogP contribution in [0.25, 0.3) is 0 Å². The molecule has 3 N–H and O–H groups in total. The number of carbonyl (C=O) groups excluding carboxylic acids is 1. The number of H-pyrrole nitrogens is 1. The third kappa shape index (κ3) is 5.01. The smallest absolute Gasteiger partial charge is 0.335 e. The van der Waals surface area contributed by atoms with Crippen LogP contribution in [0.1, 0.15) is 36.9 Å². The zero-order valence-corrected chi connectivity index (χ0v) is 19.0. The minimum Gasteiger partial charge on any atom is -0.481 e. The van der Waals surface area contributed by atoms with Crippen molar-refractivity contribution in [3.05, 3.63) is 85.2 Å². The zero-order valence-electron chi connectivity index (χ0n) is 18.2. The predicted molar refractivity (Wildman–Crippen MR) is 125 cm³/mol. The number of aromatic nitrogens is 3. The highest BCUT2D eigenvalue weighted by atomic mass is 35.5. The van der Waals surface area contributed by atoms with Gasteiger partial charge in [-0.15, -0.1) is 0 Å². The first kappa shape index (κ1) is 23.2. The van der Waals surface area contributed by atoms with Gasteiger partial charge in [0.05, 0.1) is 24.7 Å². The largest absolute Gasteiger partial charge is 0.481 e. The Morgan fingerprint density at radius 1 is 1.15 bits per heavy atom. The number of aryl methyl sites for hydroxylation is 1. The monoisotopic (exact) mass is 483 g/mol. The summed E-state index contributed by atoms with van der Waals surface area (Å²) in [6, 6.07) is 11.2. The molecule has 0 bridgehead atoms. The fraction of sp³-hybridized carbons (Fsp3) is 0.261. The van der Waals surface area contributed by atoms with Crippen molar-refractivity contribution in [2.24, 2.45) is 4.99 Å².